The molecule has 0 spiro atoms. The highest BCUT2D eigenvalue weighted by molar-refractivity contribution is 7.80. The summed E-state index contributed by atoms with van der Waals surface area (Å²) in [5, 5.41) is 15.4. The van der Waals surface area contributed by atoms with Gasteiger partial charge in [-0.1, -0.05) is 98.7 Å². The molecule has 0 fully saturated rings. The maximum Gasteiger partial charge on any atom is 0.215 e. The van der Waals surface area contributed by atoms with Crippen LogP contribution in [-0.4, -0.2) is 26.5 Å². The minimum Gasteiger partial charge on any atom is -0.287 e. The Bertz CT molecular complexity index is 1410. The van der Waals surface area contributed by atoms with Crippen LogP contribution < -0.4 is 0 Å². The molecule has 4 nitrogen and oxygen atoms in total. The van der Waals surface area contributed by atoms with Crippen molar-refractivity contribution in [3.8, 4) is 0 Å². The second-order valence-corrected chi connectivity index (χ2v) is 10.0. The molecule has 5 heteroatoms. The largest absolute Gasteiger partial charge is 0.287 e. The summed E-state index contributed by atoms with van der Waals surface area (Å²) in [7, 11) is 0. The Kier molecular flexibility index (Phi) is 7.63. The topological polar surface area (TPSA) is 47.8 Å². The van der Waals surface area contributed by atoms with Crippen molar-refractivity contribution in [3.05, 3.63) is 72.1 Å². The summed E-state index contributed by atoms with van der Waals surface area (Å²) in [6.07, 6.45) is 13.2. The first-order chi connectivity index (χ1) is 17.3. The molecule has 0 N–H and O–H groups in total. The first kappa shape index (κ1) is 23.8. The van der Waals surface area contributed by atoms with E-state index >= 15 is 0 Å². The monoisotopic (exact) mass is 483 g/mol. The molecule has 35 heavy (non-hydrogen) atoms. The highest BCUT2D eigenvalue weighted by atomic mass is 32.1. The number of rotatable bonds is 13. The molecule has 4 aromatic carbocycles. The van der Waals surface area contributed by atoms with E-state index in [1.54, 1.807) is 0 Å². The Morgan fingerprint density at radius 3 is 2.03 bits per heavy atom. The smallest absolute Gasteiger partial charge is 0.215 e. The van der Waals surface area contributed by atoms with Gasteiger partial charge in [0.1, 0.15) is 0 Å². The number of aromatic nitrogens is 3. The van der Waals surface area contributed by atoms with E-state index in [2.05, 4.69) is 65.4 Å². The van der Waals surface area contributed by atoms with Crippen LogP contribution in [-0.2, 0) is 6.54 Å². The van der Waals surface area contributed by atoms with Gasteiger partial charge < -0.3 is 0 Å². The number of ketones is 1. The van der Waals surface area contributed by atoms with Crippen LogP contribution in [0.2, 0.25) is 0 Å². The number of carbonyl (C=O) groups is 1. The standard InChI is InChI=1S/C30H33N3OS/c34-30(27-21-33(32-31-27)19-8-6-4-2-1-3-5-7-9-20-35)26-18-16-24-14-13-22-11-10-12-23-15-17-25(26)29(24)28(22)23/h10-18,21,35H,1-9,19-20H2. The van der Waals surface area contributed by atoms with Gasteiger partial charge in [0.05, 0.1) is 6.20 Å². The van der Waals surface area contributed by atoms with E-state index in [-0.39, 0.29) is 5.78 Å². The zero-order chi connectivity index (χ0) is 24.0. The van der Waals surface area contributed by atoms with Gasteiger partial charge in [0.15, 0.2) is 5.69 Å². The van der Waals surface area contributed by atoms with Crippen molar-refractivity contribution < 1.29 is 4.79 Å². The number of nitrogens with zero attached hydrogens (tertiary/aromatic N) is 3. The normalized spacial score (nSPS) is 11.8. The molecule has 5 aromatic rings. The fourth-order valence-corrected chi connectivity index (χ4v) is 5.43. The summed E-state index contributed by atoms with van der Waals surface area (Å²) in [5.74, 6) is 0.945. The highest BCUT2D eigenvalue weighted by Crippen LogP contribution is 2.36. The van der Waals surface area contributed by atoms with Crippen LogP contribution >= 0.6 is 12.6 Å². The summed E-state index contributed by atoms with van der Waals surface area (Å²) >= 11 is 4.27. The third-order valence-electron chi connectivity index (χ3n) is 7.09. The van der Waals surface area contributed by atoms with Crippen molar-refractivity contribution in [3.63, 3.8) is 0 Å². The van der Waals surface area contributed by atoms with Crippen LogP contribution in [0.5, 0.6) is 0 Å². The van der Waals surface area contributed by atoms with E-state index in [9.17, 15) is 4.79 Å². The first-order valence-corrected chi connectivity index (χ1v) is 13.6. The van der Waals surface area contributed by atoms with E-state index in [4.69, 9.17) is 0 Å². The molecule has 1 heterocycles. The van der Waals surface area contributed by atoms with Gasteiger partial charge in [-0.3, -0.25) is 9.48 Å². The Balaban J connectivity index is 1.22. The number of unbranched alkanes of at least 4 members (excludes halogenated alkanes) is 8. The fourth-order valence-electron chi connectivity index (χ4n) is 5.21. The zero-order valence-corrected chi connectivity index (χ0v) is 21.1. The molecule has 0 amide bonds. The van der Waals surface area contributed by atoms with E-state index in [1.165, 1.54) is 67.5 Å². The second-order valence-electron chi connectivity index (χ2n) is 9.57. The minimum absolute atomic E-state index is 0.0629. The third kappa shape index (κ3) is 5.20. The SMILES string of the molecule is O=C(c1cn(CCCCCCCCCCCS)nn1)c1ccc2ccc3cccc4ccc1c2c34. The summed E-state index contributed by atoms with van der Waals surface area (Å²) < 4.78 is 1.82. The lowest BCUT2D eigenvalue weighted by molar-refractivity contribution is 0.103. The lowest BCUT2D eigenvalue weighted by Crippen LogP contribution is -2.03. The molecular formula is C30H33N3OS. The van der Waals surface area contributed by atoms with Crippen molar-refractivity contribution in [1.29, 1.82) is 0 Å². The van der Waals surface area contributed by atoms with E-state index in [1.807, 2.05) is 23.0 Å². The number of aryl methyl sites for hydroxylation is 1. The molecule has 0 aliphatic rings. The van der Waals surface area contributed by atoms with Crippen molar-refractivity contribution >= 4 is 50.7 Å². The van der Waals surface area contributed by atoms with E-state index < -0.39 is 0 Å². The molecule has 0 unspecified atom stereocenters. The molecule has 0 atom stereocenters. The predicted molar refractivity (Wildman–Crippen MR) is 149 cm³/mol. The van der Waals surface area contributed by atoms with Crippen LogP contribution in [0.25, 0.3) is 32.3 Å². The Labute approximate surface area is 212 Å². The molecule has 0 radical (unpaired) electrons. The van der Waals surface area contributed by atoms with Crippen LogP contribution in [0, 0.1) is 0 Å². The van der Waals surface area contributed by atoms with Gasteiger partial charge >= 0.3 is 0 Å². The Hall–Kier alpha value is -2.92. The quantitative estimate of drug-likeness (QED) is 0.0803. The average Bonchev–Trinajstić information content (AvgIpc) is 3.37. The molecule has 0 aliphatic heterocycles. The highest BCUT2D eigenvalue weighted by Gasteiger charge is 2.18. The lowest BCUT2D eigenvalue weighted by Gasteiger charge is -2.12. The minimum atomic E-state index is -0.0629. The molecule has 0 aliphatic carbocycles. The molecule has 0 bridgehead atoms. The Morgan fingerprint density at radius 2 is 1.31 bits per heavy atom. The molecule has 5 rings (SSSR count). The van der Waals surface area contributed by atoms with Gasteiger partial charge in [0, 0.05) is 12.1 Å². The number of hydrogen-bond donors (Lipinski definition) is 1. The van der Waals surface area contributed by atoms with Gasteiger partial charge in [-0.25, -0.2) is 0 Å². The van der Waals surface area contributed by atoms with Gasteiger partial charge in [0.25, 0.3) is 0 Å². The molecule has 180 valence electrons. The van der Waals surface area contributed by atoms with Crippen molar-refractivity contribution in [2.45, 2.75) is 64.3 Å². The maximum absolute atomic E-state index is 13.4. The molecule has 0 saturated carbocycles. The van der Waals surface area contributed by atoms with Crippen molar-refractivity contribution in [2.24, 2.45) is 0 Å². The van der Waals surface area contributed by atoms with Gasteiger partial charge in [-0.05, 0) is 57.0 Å². The summed E-state index contributed by atoms with van der Waals surface area (Å²) in [6, 6.07) is 18.8. The van der Waals surface area contributed by atoms with E-state index in [0.29, 0.717) is 11.3 Å². The Morgan fingerprint density at radius 1 is 0.714 bits per heavy atom. The van der Waals surface area contributed by atoms with Crippen LogP contribution in [0.3, 0.4) is 0 Å². The predicted octanol–water partition coefficient (Wildman–Crippen LogP) is 7.85. The lowest BCUT2D eigenvalue weighted by atomic mass is 9.90. The summed E-state index contributed by atoms with van der Waals surface area (Å²) in [4.78, 5) is 13.4. The van der Waals surface area contributed by atoms with Crippen molar-refractivity contribution in [1.82, 2.24) is 15.0 Å². The van der Waals surface area contributed by atoms with Crippen LogP contribution in [0.15, 0.2) is 60.8 Å². The van der Waals surface area contributed by atoms with Gasteiger partial charge in [-0.15, -0.1) is 5.10 Å². The number of hydrogen-bond acceptors (Lipinski definition) is 4. The van der Waals surface area contributed by atoms with Gasteiger partial charge in [0.2, 0.25) is 5.78 Å². The summed E-state index contributed by atoms with van der Waals surface area (Å²) in [6.45, 7) is 0.806. The molecular weight excluding hydrogens is 450 g/mol. The average molecular weight is 484 g/mol. The number of carbonyl (C=O) groups excluding carboxylic acids is 1. The second kappa shape index (κ2) is 11.2. The summed E-state index contributed by atoms with van der Waals surface area (Å²) in [5.41, 5.74) is 1.11. The van der Waals surface area contributed by atoms with Crippen LogP contribution in [0.4, 0.5) is 0 Å². The third-order valence-corrected chi connectivity index (χ3v) is 7.41. The number of benzene rings is 4. The molecule has 0 saturated heterocycles. The molecule has 1 aromatic heterocycles. The fraction of sp³-hybridized carbons (Fsp3) is 0.367. The van der Waals surface area contributed by atoms with Gasteiger partial charge in [-0.2, -0.15) is 12.6 Å². The first-order valence-electron chi connectivity index (χ1n) is 13.0. The van der Waals surface area contributed by atoms with Crippen LogP contribution in [0.1, 0.15) is 73.8 Å². The number of thiol groups is 1. The van der Waals surface area contributed by atoms with E-state index in [0.717, 1.165) is 34.9 Å². The maximum atomic E-state index is 13.4. The zero-order valence-electron chi connectivity index (χ0n) is 20.2. The van der Waals surface area contributed by atoms with Crippen molar-refractivity contribution in [2.75, 3.05) is 5.75 Å².